The Bertz CT molecular complexity index is 745. The molecular weight excluding hydrogens is 336 g/mol. The third-order valence-electron chi connectivity index (χ3n) is 3.31. The second-order valence-electron chi connectivity index (χ2n) is 4.55. The zero-order valence-corrected chi connectivity index (χ0v) is 12.8. The van der Waals surface area contributed by atoms with Gasteiger partial charge in [0, 0.05) is 16.2 Å². The number of ketones is 1. The lowest BCUT2D eigenvalue weighted by atomic mass is 10.1. The van der Waals surface area contributed by atoms with Gasteiger partial charge in [-0.15, -0.1) is 0 Å². The first-order valence-electron chi connectivity index (χ1n) is 6.25. The number of hydrogen-bond acceptors (Lipinski definition) is 4. The van der Waals surface area contributed by atoms with Crippen molar-refractivity contribution in [2.45, 2.75) is 6.54 Å². The van der Waals surface area contributed by atoms with Crippen LogP contribution in [0.5, 0.6) is 5.88 Å². The maximum atomic E-state index is 12.2. The molecular formula is C15H11BrN2O3. The van der Waals surface area contributed by atoms with Gasteiger partial charge in [0.2, 0.25) is 5.88 Å². The number of rotatable bonds is 3. The molecule has 0 N–H and O–H groups in total. The van der Waals surface area contributed by atoms with Gasteiger partial charge in [-0.25, -0.2) is 4.98 Å². The van der Waals surface area contributed by atoms with Crippen molar-refractivity contribution in [1.29, 1.82) is 0 Å². The molecule has 0 aliphatic carbocycles. The summed E-state index contributed by atoms with van der Waals surface area (Å²) >= 11 is 3.31. The molecule has 0 unspecified atom stereocenters. The normalized spacial score (nSPS) is 13.5. The fraction of sp³-hybridized carbons (Fsp3) is 0.133. The number of aromatic nitrogens is 1. The summed E-state index contributed by atoms with van der Waals surface area (Å²) in [5.74, 6) is -0.577. The Kier molecular flexibility index (Phi) is 3.47. The summed E-state index contributed by atoms with van der Waals surface area (Å²) in [4.78, 5) is 29.8. The third-order valence-corrected chi connectivity index (χ3v) is 3.80. The molecule has 0 saturated carbocycles. The molecule has 21 heavy (non-hydrogen) atoms. The number of ether oxygens (including phenoxy) is 1. The zero-order valence-electron chi connectivity index (χ0n) is 11.2. The van der Waals surface area contributed by atoms with Crippen molar-refractivity contribution < 1.29 is 14.3 Å². The molecule has 0 bridgehead atoms. The topological polar surface area (TPSA) is 59.5 Å². The molecule has 3 rings (SSSR count). The molecule has 0 radical (unpaired) electrons. The van der Waals surface area contributed by atoms with Crippen LogP contribution in [-0.2, 0) is 11.3 Å². The van der Waals surface area contributed by atoms with Crippen molar-refractivity contribution in [1.82, 2.24) is 4.98 Å². The maximum absolute atomic E-state index is 12.2. The zero-order chi connectivity index (χ0) is 15.0. The molecule has 5 nitrogen and oxygen atoms in total. The number of hydrogen-bond donors (Lipinski definition) is 0. The van der Waals surface area contributed by atoms with Gasteiger partial charge >= 0.3 is 0 Å². The van der Waals surface area contributed by atoms with E-state index < -0.39 is 11.7 Å². The largest absolute Gasteiger partial charge is 0.481 e. The summed E-state index contributed by atoms with van der Waals surface area (Å²) in [5.41, 5.74) is 1.77. The molecule has 1 aromatic heterocycles. The van der Waals surface area contributed by atoms with Crippen LogP contribution in [0.15, 0.2) is 41.0 Å². The fourth-order valence-electron chi connectivity index (χ4n) is 2.33. The van der Waals surface area contributed by atoms with E-state index in [1.54, 1.807) is 30.5 Å². The summed E-state index contributed by atoms with van der Waals surface area (Å²) in [7, 11) is 1.52. The Hall–Kier alpha value is -2.21. The van der Waals surface area contributed by atoms with Gasteiger partial charge in [-0.3, -0.25) is 9.59 Å². The van der Waals surface area contributed by atoms with Gasteiger partial charge < -0.3 is 9.64 Å². The van der Waals surface area contributed by atoms with Crippen LogP contribution in [0.25, 0.3) is 0 Å². The number of fused-ring (bicyclic) bond motifs is 1. The first kappa shape index (κ1) is 13.8. The third kappa shape index (κ3) is 2.31. The lowest BCUT2D eigenvalue weighted by Gasteiger charge is -2.17. The first-order chi connectivity index (χ1) is 10.1. The van der Waals surface area contributed by atoms with Crippen LogP contribution in [0.1, 0.15) is 15.9 Å². The molecule has 0 fully saturated rings. The quantitative estimate of drug-likeness (QED) is 0.801. The van der Waals surface area contributed by atoms with Gasteiger partial charge in [0.1, 0.15) is 0 Å². The van der Waals surface area contributed by atoms with Crippen molar-refractivity contribution in [2.24, 2.45) is 0 Å². The number of pyridine rings is 1. The SMILES string of the molecule is COc1ncccc1CN1C(=O)C(=O)c2cc(Br)ccc21. The van der Waals surface area contributed by atoms with E-state index in [9.17, 15) is 9.59 Å². The number of anilines is 1. The van der Waals surface area contributed by atoms with E-state index in [4.69, 9.17) is 4.74 Å². The number of carbonyl (C=O) groups is 2. The van der Waals surface area contributed by atoms with E-state index >= 15 is 0 Å². The Balaban J connectivity index is 2.01. The minimum Gasteiger partial charge on any atom is -0.481 e. The van der Waals surface area contributed by atoms with Gasteiger partial charge in [-0.1, -0.05) is 22.0 Å². The van der Waals surface area contributed by atoms with Gasteiger partial charge in [-0.2, -0.15) is 0 Å². The van der Waals surface area contributed by atoms with Crippen LogP contribution in [0.3, 0.4) is 0 Å². The molecule has 1 aliphatic rings. The summed E-state index contributed by atoms with van der Waals surface area (Å²) in [5, 5.41) is 0. The molecule has 1 aromatic carbocycles. The molecule has 1 aliphatic heterocycles. The van der Waals surface area contributed by atoms with Crippen LogP contribution in [0, 0.1) is 0 Å². The van der Waals surface area contributed by atoms with Crippen LogP contribution < -0.4 is 9.64 Å². The fourth-order valence-corrected chi connectivity index (χ4v) is 2.69. The number of Topliss-reactive ketones (excluding diaryl/α,β-unsaturated/α-hetero) is 1. The average Bonchev–Trinajstić information content (AvgIpc) is 2.73. The van der Waals surface area contributed by atoms with E-state index in [1.165, 1.54) is 12.0 Å². The molecule has 6 heteroatoms. The Morgan fingerprint density at radius 1 is 1.29 bits per heavy atom. The second kappa shape index (κ2) is 5.29. The highest BCUT2D eigenvalue weighted by atomic mass is 79.9. The Morgan fingerprint density at radius 2 is 2.10 bits per heavy atom. The lowest BCUT2D eigenvalue weighted by molar-refractivity contribution is -0.114. The molecule has 0 saturated heterocycles. The van der Waals surface area contributed by atoms with E-state index in [2.05, 4.69) is 20.9 Å². The van der Waals surface area contributed by atoms with Crippen LogP contribution in [0.2, 0.25) is 0 Å². The van der Waals surface area contributed by atoms with Crippen molar-refractivity contribution in [3.63, 3.8) is 0 Å². The molecule has 1 amide bonds. The molecule has 106 valence electrons. The highest BCUT2D eigenvalue weighted by molar-refractivity contribution is 9.10. The van der Waals surface area contributed by atoms with Crippen molar-refractivity contribution in [3.8, 4) is 5.88 Å². The predicted octanol–water partition coefficient (Wildman–Crippen LogP) is 2.58. The number of amides is 1. The van der Waals surface area contributed by atoms with Gasteiger partial charge in [0.25, 0.3) is 11.7 Å². The highest BCUT2D eigenvalue weighted by Gasteiger charge is 2.36. The van der Waals surface area contributed by atoms with E-state index in [0.717, 1.165) is 10.0 Å². The molecule has 2 heterocycles. The minimum atomic E-state index is -0.533. The lowest BCUT2D eigenvalue weighted by Crippen LogP contribution is -2.29. The molecule has 0 spiro atoms. The van der Waals surface area contributed by atoms with E-state index in [1.807, 2.05) is 6.07 Å². The van der Waals surface area contributed by atoms with Crippen LogP contribution in [-0.4, -0.2) is 23.8 Å². The minimum absolute atomic E-state index is 0.246. The Labute approximate surface area is 129 Å². The predicted molar refractivity (Wildman–Crippen MR) is 80.5 cm³/mol. The highest BCUT2D eigenvalue weighted by Crippen LogP contribution is 2.33. The van der Waals surface area contributed by atoms with E-state index in [0.29, 0.717) is 17.1 Å². The number of methoxy groups -OCH3 is 1. The van der Waals surface area contributed by atoms with Crippen LogP contribution in [0.4, 0.5) is 5.69 Å². The van der Waals surface area contributed by atoms with E-state index in [-0.39, 0.29) is 6.54 Å². The van der Waals surface area contributed by atoms with Gasteiger partial charge in [0.15, 0.2) is 0 Å². The van der Waals surface area contributed by atoms with Gasteiger partial charge in [0.05, 0.1) is 24.9 Å². The second-order valence-corrected chi connectivity index (χ2v) is 5.47. The first-order valence-corrected chi connectivity index (χ1v) is 7.04. The number of benzene rings is 1. The summed E-state index contributed by atoms with van der Waals surface area (Å²) in [6, 6.07) is 8.81. The average molecular weight is 347 g/mol. The molecule has 0 atom stereocenters. The monoisotopic (exact) mass is 346 g/mol. The Morgan fingerprint density at radius 3 is 2.86 bits per heavy atom. The van der Waals surface area contributed by atoms with Crippen LogP contribution >= 0.6 is 15.9 Å². The standard InChI is InChI=1S/C15H11BrN2O3/c1-21-14-9(3-2-6-17-14)8-18-12-5-4-10(16)7-11(12)13(19)15(18)20/h2-7H,8H2,1H3. The number of nitrogens with zero attached hydrogens (tertiary/aromatic N) is 2. The summed E-state index contributed by atoms with van der Waals surface area (Å²) in [6.07, 6.45) is 1.62. The van der Waals surface area contributed by atoms with Crippen molar-refractivity contribution in [3.05, 3.63) is 52.1 Å². The van der Waals surface area contributed by atoms with Gasteiger partial charge in [-0.05, 0) is 24.3 Å². The number of halogens is 1. The number of carbonyl (C=O) groups excluding carboxylic acids is 2. The smallest absolute Gasteiger partial charge is 0.299 e. The molecule has 2 aromatic rings. The van der Waals surface area contributed by atoms with Crippen molar-refractivity contribution in [2.75, 3.05) is 12.0 Å². The maximum Gasteiger partial charge on any atom is 0.299 e. The summed E-state index contributed by atoms with van der Waals surface area (Å²) in [6.45, 7) is 0.246. The summed E-state index contributed by atoms with van der Waals surface area (Å²) < 4.78 is 5.95. The van der Waals surface area contributed by atoms with Crippen molar-refractivity contribution >= 4 is 33.3 Å².